The Hall–Kier alpha value is -3.20. The van der Waals surface area contributed by atoms with Gasteiger partial charge in [0.1, 0.15) is 5.84 Å². The van der Waals surface area contributed by atoms with Crippen molar-refractivity contribution in [2.75, 3.05) is 13.6 Å². The molecule has 1 aliphatic heterocycles. The predicted octanol–water partition coefficient (Wildman–Crippen LogP) is 1.91. The Bertz CT molecular complexity index is 1110. The van der Waals surface area contributed by atoms with Gasteiger partial charge in [-0.3, -0.25) is 19.3 Å². The van der Waals surface area contributed by atoms with E-state index in [1.807, 2.05) is 26.0 Å². The summed E-state index contributed by atoms with van der Waals surface area (Å²) in [5, 5.41) is 2.81. The first kappa shape index (κ1) is 22.5. The van der Waals surface area contributed by atoms with Gasteiger partial charge in [-0.2, -0.15) is 0 Å². The number of aliphatic imine (C=N–C) groups is 1. The highest BCUT2D eigenvalue weighted by Crippen LogP contribution is 2.22. The van der Waals surface area contributed by atoms with Crippen molar-refractivity contribution >= 4 is 27.7 Å². The fourth-order valence-corrected chi connectivity index (χ4v) is 4.26. The third-order valence-electron chi connectivity index (χ3n) is 5.06. The molecule has 0 aromatic heterocycles. The van der Waals surface area contributed by atoms with Crippen molar-refractivity contribution < 1.29 is 18.0 Å². The van der Waals surface area contributed by atoms with Gasteiger partial charge >= 0.3 is 0 Å². The smallest absolute Gasteiger partial charge is 0.263 e. The van der Waals surface area contributed by atoms with Crippen LogP contribution in [0.2, 0.25) is 0 Å². The molecule has 0 saturated carbocycles. The Balaban J connectivity index is 1.50. The summed E-state index contributed by atoms with van der Waals surface area (Å²) in [6, 6.07) is 13.8. The van der Waals surface area contributed by atoms with Crippen molar-refractivity contribution in [1.82, 2.24) is 14.9 Å². The van der Waals surface area contributed by atoms with E-state index in [0.717, 1.165) is 5.56 Å². The van der Waals surface area contributed by atoms with Crippen molar-refractivity contribution in [2.45, 2.75) is 37.8 Å². The van der Waals surface area contributed by atoms with Gasteiger partial charge in [0.25, 0.3) is 15.9 Å². The number of carbonyl (C=O) groups excluding carboxylic acids is 2. The molecule has 0 spiro atoms. The zero-order valence-electron chi connectivity index (χ0n) is 17.8. The summed E-state index contributed by atoms with van der Waals surface area (Å²) in [6.45, 7) is 4.40. The molecule has 0 saturated heterocycles. The van der Waals surface area contributed by atoms with Crippen LogP contribution in [-0.2, 0) is 21.4 Å². The summed E-state index contributed by atoms with van der Waals surface area (Å²) < 4.78 is 26.5. The third kappa shape index (κ3) is 5.29. The SMILES string of the molecule is CC(C)N(C)C(=O)c1ccc(CNC(=O)CCN=C2NS(=O)(=O)c3ccccc32)cc1. The zero-order valence-corrected chi connectivity index (χ0v) is 18.6. The van der Waals surface area contributed by atoms with E-state index in [4.69, 9.17) is 0 Å². The lowest BCUT2D eigenvalue weighted by atomic mass is 10.1. The van der Waals surface area contributed by atoms with E-state index >= 15 is 0 Å². The minimum Gasteiger partial charge on any atom is -0.352 e. The second kappa shape index (κ2) is 9.30. The van der Waals surface area contributed by atoms with Gasteiger partial charge in [0, 0.05) is 37.2 Å². The number of hydrogen-bond donors (Lipinski definition) is 2. The number of nitrogens with zero attached hydrogens (tertiary/aromatic N) is 2. The molecule has 2 aromatic rings. The Morgan fingerprint density at radius 3 is 2.45 bits per heavy atom. The number of nitrogens with one attached hydrogen (secondary N) is 2. The highest BCUT2D eigenvalue weighted by atomic mass is 32.2. The van der Waals surface area contributed by atoms with Crippen LogP contribution in [0.25, 0.3) is 0 Å². The molecule has 0 aliphatic carbocycles. The molecule has 2 amide bonds. The molecule has 164 valence electrons. The van der Waals surface area contributed by atoms with Crippen molar-refractivity contribution in [3.8, 4) is 0 Å². The predicted molar refractivity (Wildman–Crippen MR) is 118 cm³/mol. The van der Waals surface area contributed by atoms with E-state index in [2.05, 4.69) is 15.0 Å². The van der Waals surface area contributed by atoms with Gasteiger partial charge in [0.15, 0.2) is 0 Å². The van der Waals surface area contributed by atoms with Gasteiger partial charge < -0.3 is 10.2 Å². The number of fused-ring (bicyclic) bond motifs is 1. The number of benzene rings is 2. The lowest BCUT2D eigenvalue weighted by Crippen LogP contribution is -2.32. The maximum absolute atomic E-state index is 12.3. The van der Waals surface area contributed by atoms with Gasteiger partial charge in [-0.05, 0) is 43.7 Å². The average molecular weight is 443 g/mol. The zero-order chi connectivity index (χ0) is 22.6. The standard InChI is InChI=1S/C22H26N4O4S/c1-15(2)26(3)22(28)17-10-8-16(9-11-17)14-24-20(27)12-13-23-21-18-6-4-5-7-19(18)31(29,30)25-21/h4-11,15H,12-14H2,1-3H3,(H,23,25)(H,24,27). The van der Waals surface area contributed by atoms with E-state index in [9.17, 15) is 18.0 Å². The monoisotopic (exact) mass is 442 g/mol. The van der Waals surface area contributed by atoms with E-state index in [-0.39, 0.29) is 41.6 Å². The largest absolute Gasteiger partial charge is 0.352 e. The van der Waals surface area contributed by atoms with Crippen LogP contribution in [0.15, 0.2) is 58.4 Å². The molecular weight excluding hydrogens is 416 g/mol. The van der Waals surface area contributed by atoms with Crippen molar-refractivity contribution in [3.63, 3.8) is 0 Å². The minimum absolute atomic E-state index is 0.0474. The molecule has 1 heterocycles. The van der Waals surface area contributed by atoms with E-state index in [0.29, 0.717) is 17.7 Å². The van der Waals surface area contributed by atoms with Gasteiger partial charge in [-0.15, -0.1) is 0 Å². The first-order valence-corrected chi connectivity index (χ1v) is 11.5. The van der Waals surface area contributed by atoms with E-state index in [1.54, 1.807) is 42.3 Å². The van der Waals surface area contributed by atoms with Crippen LogP contribution < -0.4 is 10.0 Å². The number of carbonyl (C=O) groups is 2. The lowest BCUT2D eigenvalue weighted by molar-refractivity contribution is -0.121. The number of sulfonamides is 1. The van der Waals surface area contributed by atoms with Crippen LogP contribution in [0.3, 0.4) is 0 Å². The van der Waals surface area contributed by atoms with E-state index in [1.165, 1.54) is 6.07 Å². The number of amidine groups is 1. The fourth-order valence-electron chi connectivity index (χ4n) is 3.01. The third-order valence-corrected chi connectivity index (χ3v) is 6.45. The molecule has 0 bridgehead atoms. The lowest BCUT2D eigenvalue weighted by Gasteiger charge is -2.21. The Labute approximate surface area is 182 Å². The topological polar surface area (TPSA) is 108 Å². The second-order valence-corrected chi connectivity index (χ2v) is 9.22. The van der Waals surface area contributed by atoms with Crippen LogP contribution in [0.5, 0.6) is 0 Å². The first-order valence-electron chi connectivity index (χ1n) is 9.98. The maximum Gasteiger partial charge on any atom is 0.263 e. The Kier molecular flexibility index (Phi) is 6.74. The molecule has 8 nitrogen and oxygen atoms in total. The number of rotatable bonds is 7. The minimum atomic E-state index is -3.58. The van der Waals surface area contributed by atoms with Crippen molar-refractivity contribution in [1.29, 1.82) is 0 Å². The van der Waals surface area contributed by atoms with Gasteiger partial charge in [-0.1, -0.05) is 24.3 Å². The summed E-state index contributed by atoms with van der Waals surface area (Å²) in [4.78, 5) is 30.5. The molecule has 2 N–H and O–H groups in total. The van der Waals surface area contributed by atoms with Gasteiger partial charge in [0.05, 0.1) is 11.4 Å². The summed E-state index contributed by atoms with van der Waals surface area (Å²) in [5.41, 5.74) is 1.99. The fraction of sp³-hybridized carbons (Fsp3) is 0.318. The van der Waals surface area contributed by atoms with Crippen molar-refractivity contribution in [3.05, 3.63) is 65.2 Å². The normalized spacial score (nSPS) is 15.4. The summed E-state index contributed by atoms with van der Waals surface area (Å²) in [6.07, 6.45) is 0.128. The van der Waals surface area contributed by atoms with Crippen LogP contribution >= 0.6 is 0 Å². The molecule has 0 unspecified atom stereocenters. The summed E-state index contributed by atoms with van der Waals surface area (Å²) >= 11 is 0. The molecule has 0 fully saturated rings. The van der Waals surface area contributed by atoms with Crippen LogP contribution in [0.4, 0.5) is 0 Å². The molecule has 2 aromatic carbocycles. The molecular formula is C22H26N4O4S. The Morgan fingerprint density at radius 1 is 1.10 bits per heavy atom. The Morgan fingerprint density at radius 2 is 1.77 bits per heavy atom. The maximum atomic E-state index is 12.3. The number of amides is 2. The molecule has 0 radical (unpaired) electrons. The highest BCUT2D eigenvalue weighted by molar-refractivity contribution is 7.90. The molecule has 0 atom stereocenters. The summed E-state index contributed by atoms with van der Waals surface area (Å²) in [5.74, 6) is 0.0158. The first-order chi connectivity index (χ1) is 14.7. The average Bonchev–Trinajstić information content (AvgIpc) is 3.02. The quantitative estimate of drug-likeness (QED) is 0.683. The summed E-state index contributed by atoms with van der Waals surface area (Å²) in [7, 11) is -1.82. The molecule has 3 rings (SSSR count). The molecule has 9 heteroatoms. The van der Waals surface area contributed by atoms with Gasteiger partial charge in [0.2, 0.25) is 5.91 Å². The van der Waals surface area contributed by atoms with Crippen molar-refractivity contribution in [2.24, 2.45) is 4.99 Å². The van der Waals surface area contributed by atoms with Crippen LogP contribution in [0, 0.1) is 0 Å². The molecule has 31 heavy (non-hydrogen) atoms. The molecule has 1 aliphatic rings. The second-order valence-electron chi connectivity index (χ2n) is 7.57. The van der Waals surface area contributed by atoms with Crippen LogP contribution in [-0.4, -0.2) is 50.6 Å². The van der Waals surface area contributed by atoms with Crippen LogP contribution in [0.1, 0.15) is 41.8 Å². The van der Waals surface area contributed by atoms with E-state index < -0.39 is 10.0 Å². The van der Waals surface area contributed by atoms with Gasteiger partial charge in [-0.25, -0.2) is 8.42 Å². The number of hydrogen-bond acceptors (Lipinski definition) is 5. The highest BCUT2D eigenvalue weighted by Gasteiger charge is 2.29.